The van der Waals surface area contributed by atoms with E-state index in [-0.39, 0.29) is 24.5 Å². The minimum Gasteiger partial charge on any atom is -0.361 e. The van der Waals surface area contributed by atoms with Crippen molar-refractivity contribution in [1.82, 2.24) is 4.90 Å². The molecule has 1 aliphatic rings. The Kier molecular flexibility index (Phi) is 3.42. The van der Waals surface area contributed by atoms with E-state index in [1.54, 1.807) is 0 Å². The van der Waals surface area contributed by atoms with Crippen molar-refractivity contribution in [3.8, 4) is 0 Å². The highest BCUT2D eigenvalue weighted by Crippen LogP contribution is 2.13. The number of hydrogen-bond donors (Lipinski definition) is 0. The second-order valence-electron chi connectivity index (χ2n) is 3.15. The molecule has 0 aliphatic carbocycles. The Labute approximate surface area is 77.8 Å². The van der Waals surface area contributed by atoms with E-state index in [0.29, 0.717) is 19.4 Å². The maximum Gasteiger partial charge on any atom is 0.221 e. The number of ether oxygens (including phenoxy) is 1. The Morgan fingerprint density at radius 1 is 1.54 bits per heavy atom. The summed E-state index contributed by atoms with van der Waals surface area (Å²) in [6, 6.07) is -0.253. The fraction of sp³-hybridized carbons (Fsp3) is 0.778. The molecule has 1 rings (SSSR count). The van der Waals surface area contributed by atoms with Crippen LogP contribution in [0.4, 0.5) is 0 Å². The molecular weight excluding hydrogens is 170 g/mol. The van der Waals surface area contributed by atoms with Crippen molar-refractivity contribution in [2.45, 2.75) is 32.7 Å². The molecule has 1 heterocycles. The molecule has 1 amide bonds. The number of hydrogen-bond acceptors (Lipinski definition) is 3. The first kappa shape index (κ1) is 10.2. The molecule has 4 nitrogen and oxygen atoms in total. The Bertz CT molecular complexity index is 215. The molecule has 1 aliphatic heterocycles. The fourth-order valence-corrected chi connectivity index (χ4v) is 1.48. The van der Waals surface area contributed by atoms with Gasteiger partial charge in [-0.05, 0) is 6.42 Å². The van der Waals surface area contributed by atoms with Crippen LogP contribution < -0.4 is 0 Å². The third kappa shape index (κ3) is 2.28. The number of ketones is 1. The Balaban J connectivity index is 2.67. The quantitative estimate of drug-likeness (QED) is 0.631. The summed E-state index contributed by atoms with van der Waals surface area (Å²) in [4.78, 5) is 24.1. The average Bonchev–Trinajstić information content (AvgIpc) is 2.16. The van der Waals surface area contributed by atoms with Gasteiger partial charge in [0.25, 0.3) is 0 Å². The largest absolute Gasteiger partial charge is 0.361 e. The molecular formula is C9H15NO3. The van der Waals surface area contributed by atoms with Crippen LogP contribution in [0.2, 0.25) is 0 Å². The molecule has 4 heteroatoms. The number of nitrogens with zero attached hydrogens (tertiary/aromatic N) is 1. The molecule has 1 saturated heterocycles. The summed E-state index contributed by atoms with van der Waals surface area (Å²) < 4.78 is 5.12. The lowest BCUT2D eigenvalue weighted by Crippen LogP contribution is -2.48. The smallest absolute Gasteiger partial charge is 0.221 e. The van der Waals surface area contributed by atoms with Crippen molar-refractivity contribution in [2.75, 3.05) is 13.3 Å². The molecule has 0 N–H and O–H groups in total. The molecule has 0 aromatic heterocycles. The maximum atomic E-state index is 11.4. The highest BCUT2D eigenvalue weighted by molar-refractivity contribution is 5.88. The van der Waals surface area contributed by atoms with Crippen molar-refractivity contribution in [2.24, 2.45) is 0 Å². The van der Waals surface area contributed by atoms with E-state index in [1.807, 2.05) is 6.92 Å². The number of carbonyl (C=O) groups excluding carboxylic acids is 2. The van der Waals surface area contributed by atoms with E-state index >= 15 is 0 Å². The van der Waals surface area contributed by atoms with Gasteiger partial charge in [0, 0.05) is 13.3 Å². The summed E-state index contributed by atoms with van der Waals surface area (Å²) >= 11 is 0. The van der Waals surface area contributed by atoms with Crippen LogP contribution in [0.5, 0.6) is 0 Å². The Morgan fingerprint density at radius 3 is 2.77 bits per heavy atom. The average molecular weight is 185 g/mol. The van der Waals surface area contributed by atoms with Gasteiger partial charge in [-0.1, -0.05) is 6.92 Å². The van der Waals surface area contributed by atoms with E-state index in [2.05, 4.69) is 0 Å². The van der Waals surface area contributed by atoms with Crippen molar-refractivity contribution in [1.29, 1.82) is 0 Å². The fourth-order valence-electron chi connectivity index (χ4n) is 1.48. The van der Waals surface area contributed by atoms with Crippen molar-refractivity contribution >= 4 is 11.7 Å². The van der Waals surface area contributed by atoms with Crippen molar-refractivity contribution in [3.63, 3.8) is 0 Å². The molecule has 0 aromatic carbocycles. The minimum absolute atomic E-state index is 0.0912. The molecule has 0 spiro atoms. The maximum absolute atomic E-state index is 11.4. The van der Waals surface area contributed by atoms with Crippen molar-refractivity contribution < 1.29 is 14.3 Å². The van der Waals surface area contributed by atoms with Crippen LogP contribution >= 0.6 is 0 Å². The van der Waals surface area contributed by atoms with E-state index < -0.39 is 0 Å². The highest BCUT2D eigenvalue weighted by Gasteiger charge is 2.29. The van der Waals surface area contributed by atoms with E-state index in [9.17, 15) is 9.59 Å². The lowest BCUT2D eigenvalue weighted by molar-refractivity contribution is -0.151. The van der Waals surface area contributed by atoms with E-state index in [4.69, 9.17) is 4.74 Å². The van der Waals surface area contributed by atoms with Gasteiger partial charge in [0.2, 0.25) is 5.91 Å². The third-order valence-electron chi connectivity index (χ3n) is 2.27. The molecule has 1 unspecified atom stereocenters. The topological polar surface area (TPSA) is 46.6 Å². The van der Waals surface area contributed by atoms with Gasteiger partial charge >= 0.3 is 0 Å². The Morgan fingerprint density at radius 2 is 2.23 bits per heavy atom. The SMILES string of the molecule is CCC(=O)C1CCOCN1C(C)=O. The molecule has 1 fully saturated rings. The van der Waals surface area contributed by atoms with Crippen molar-refractivity contribution in [3.05, 3.63) is 0 Å². The molecule has 1 atom stereocenters. The zero-order chi connectivity index (χ0) is 9.84. The first-order chi connectivity index (χ1) is 6.16. The van der Waals surface area contributed by atoms with E-state index in [1.165, 1.54) is 11.8 Å². The standard InChI is InChI=1S/C9H15NO3/c1-3-9(12)8-4-5-13-6-10(8)7(2)11/h8H,3-6H2,1-2H3. The summed E-state index contributed by atoms with van der Waals surface area (Å²) in [5.41, 5.74) is 0. The zero-order valence-electron chi connectivity index (χ0n) is 8.08. The first-order valence-corrected chi connectivity index (χ1v) is 4.54. The summed E-state index contributed by atoms with van der Waals surface area (Å²) in [6.07, 6.45) is 1.11. The second kappa shape index (κ2) is 4.37. The zero-order valence-corrected chi connectivity index (χ0v) is 8.08. The Hall–Kier alpha value is -0.900. The summed E-state index contributed by atoms with van der Waals surface area (Å²) in [7, 11) is 0. The van der Waals surface area contributed by atoms with Crippen LogP contribution in [0, 0.1) is 0 Å². The van der Waals surface area contributed by atoms with Gasteiger partial charge in [-0.2, -0.15) is 0 Å². The summed E-state index contributed by atoms with van der Waals surface area (Å²) in [5, 5.41) is 0. The summed E-state index contributed by atoms with van der Waals surface area (Å²) in [5.74, 6) is 0.0324. The molecule has 13 heavy (non-hydrogen) atoms. The van der Waals surface area contributed by atoms with Gasteiger partial charge in [0.05, 0.1) is 12.6 Å². The monoisotopic (exact) mass is 185 g/mol. The van der Waals surface area contributed by atoms with Crippen LogP contribution in [-0.4, -0.2) is 36.0 Å². The number of carbonyl (C=O) groups is 2. The van der Waals surface area contributed by atoms with Crippen LogP contribution in [0.15, 0.2) is 0 Å². The van der Waals surface area contributed by atoms with Gasteiger partial charge in [-0.15, -0.1) is 0 Å². The van der Waals surface area contributed by atoms with Crippen LogP contribution in [-0.2, 0) is 14.3 Å². The van der Waals surface area contributed by atoms with Gasteiger partial charge in [0.1, 0.15) is 6.73 Å². The lowest BCUT2D eigenvalue weighted by Gasteiger charge is -2.33. The van der Waals surface area contributed by atoms with Gasteiger partial charge in [-0.25, -0.2) is 0 Å². The second-order valence-corrected chi connectivity index (χ2v) is 3.15. The minimum atomic E-state index is -0.253. The van der Waals surface area contributed by atoms with Gasteiger partial charge in [-0.3, -0.25) is 9.59 Å². The molecule has 0 saturated carbocycles. The molecule has 0 bridgehead atoms. The predicted octanol–water partition coefficient (Wildman–Crippen LogP) is 0.560. The molecule has 74 valence electrons. The van der Waals surface area contributed by atoms with Crippen LogP contribution in [0.25, 0.3) is 0 Å². The van der Waals surface area contributed by atoms with E-state index in [0.717, 1.165) is 0 Å². The predicted molar refractivity (Wildman–Crippen MR) is 47.0 cm³/mol. The number of rotatable bonds is 2. The van der Waals surface area contributed by atoms with Gasteiger partial charge < -0.3 is 9.64 Å². The third-order valence-corrected chi connectivity index (χ3v) is 2.27. The lowest BCUT2D eigenvalue weighted by atomic mass is 10.1. The van der Waals surface area contributed by atoms with Gasteiger partial charge in [0.15, 0.2) is 5.78 Å². The molecule has 0 aromatic rings. The highest BCUT2D eigenvalue weighted by atomic mass is 16.5. The van der Waals surface area contributed by atoms with Crippen LogP contribution in [0.1, 0.15) is 26.7 Å². The normalized spacial score (nSPS) is 22.9. The number of amides is 1. The number of Topliss-reactive ketones (excluding diaryl/α,β-unsaturated/α-hetero) is 1. The molecule has 0 radical (unpaired) electrons. The first-order valence-electron chi connectivity index (χ1n) is 4.54. The van der Waals surface area contributed by atoms with Crippen LogP contribution in [0.3, 0.4) is 0 Å². The summed E-state index contributed by atoms with van der Waals surface area (Å²) in [6.45, 7) is 4.10.